The van der Waals surface area contributed by atoms with E-state index in [9.17, 15) is 33.0 Å². The van der Waals surface area contributed by atoms with E-state index >= 15 is 4.39 Å². The van der Waals surface area contributed by atoms with Gasteiger partial charge in [0, 0.05) is 85.0 Å². The zero-order valence-corrected chi connectivity index (χ0v) is 40.3. The number of benzene rings is 3. The number of aliphatic imine (C=N–C) groups is 1. The molecule has 3 aromatic carbocycles. The fourth-order valence-electron chi connectivity index (χ4n) is 9.13. The van der Waals surface area contributed by atoms with E-state index in [0.717, 1.165) is 78.8 Å². The standard InChI is InChI=1S/C46H50ClFN10O4S.C2HF3O2/c1-5-30-20-35(39(60)23-38(30)59)43-51-53-46(62)58(43)34-11-8-32(36(48)21-34)25-55-18-16-54(17-19-55)24-29-12-14-56(15-13-29)40(61)22-37-44-52-50-28(4)57(44)45-41(26(2)27(3)63-45)42(49-37)31-6-9-33(47)10-7-31;3-2(4,5)1(6)7/h6-11,20-21,23,29,37,59-60H,5,12-19,22,24-25H2,1-4H3,(H,53,62);(H,6,7)/t37-;/m0./s1. The summed E-state index contributed by atoms with van der Waals surface area (Å²) in [4.78, 5) is 49.0. The molecule has 0 radical (unpaired) electrons. The molecule has 1 amide bonds. The minimum atomic E-state index is -5.08. The Balaban J connectivity index is 0.000000876. The molecule has 0 unspecified atom stereocenters. The molecule has 3 aliphatic heterocycles. The first-order valence-corrected chi connectivity index (χ1v) is 23.9. The number of carboxylic acids is 1. The lowest BCUT2D eigenvalue weighted by Gasteiger charge is -2.39. The number of phenols is 2. The number of aromatic amines is 1. The third-order valence-corrected chi connectivity index (χ3v) is 14.5. The normalized spacial score (nSPS) is 16.8. The molecule has 9 rings (SSSR count). The molecule has 2 saturated heterocycles. The molecule has 0 aliphatic carbocycles. The van der Waals surface area contributed by atoms with Crippen LogP contribution in [0.4, 0.5) is 17.6 Å². The maximum Gasteiger partial charge on any atom is 0.490 e. The Morgan fingerprint density at radius 1 is 0.886 bits per heavy atom. The van der Waals surface area contributed by atoms with E-state index in [-0.39, 0.29) is 40.9 Å². The number of aryl methyl sites for hydroxylation is 3. The Morgan fingerprint density at radius 2 is 1.56 bits per heavy atom. The van der Waals surface area contributed by atoms with E-state index in [1.54, 1.807) is 29.5 Å². The smallest absolute Gasteiger partial charge is 0.490 e. The van der Waals surface area contributed by atoms with Gasteiger partial charge >= 0.3 is 17.8 Å². The van der Waals surface area contributed by atoms with Gasteiger partial charge in [0.1, 0.15) is 34.2 Å². The number of aromatic hydroxyl groups is 2. The number of H-pyrrole nitrogens is 1. The zero-order chi connectivity index (χ0) is 50.2. The van der Waals surface area contributed by atoms with Crippen LogP contribution in [0.3, 0.4) is 0 Å². The molecule has 16 nitrogen and oxygen atoms in total. The third kappa shape index (κ3) is 10.5. The summed E-state index contributed by atoms with van der Waals surface area (Å²) in [5, 5.41) is 45.1. The number of phenolic OH excluding ortho intramolecular Hbond substituents is 2. The van der Waals surface area contributed by atoms with E-state index in [1.165, 1.54) is 21.6 Å². The van der Waals surface area contributed by atoms with Crippen LogP contribution in [0, 0.1) is 32.5 Å². The summed E-state index contributed by atoms with van der Waals surface area (Å²) in [5.74, 6) is -1.39. The molecule has 6 aromatic rings. The molecule has 70 heavy (non-hydrogen) atoms. The highest BCUT2D eigenvalue weighted by molar-refractivity contribution is 7.15. The van der Waals surface area contributed by atoms with Crippen LogP contribution >= 0.6 is 22.9 Å². The molecular weight excluding hydrogens is 956 g/mol. The SMILES string of the molecule is CCc1cc(-c2n[nH]c(=O)n2-c2ccc(CN3CCN(CC4CCN(C(=O)C[C@@H]5N=C(c6ccc(Cl)cc6)c6c(sc(C)c6C)-n6c(C)nnc65)CC4)CC3)c(F)c2)c(O)cc1O.O=C(O)C(F)(F)F. The Labute approximate surface area is 408 Å². The molecule has 4 N–H and O–H groups in total. The minimum Gasteiger partial charge on any atom is -0.508 e. The van der Waals surface area contributed by atoms with Crippen molar-refractivity contribution in [3.8, 4) is 33.6 Å². The number of aromatic nitrogens is 6. The maximum atomic E-state index is 15.7. The zero-order valence-electron chi connectivity index (χ0n) is 38.7. The van der Waals surface area contributed by atoms with Crippen molar-refractivity contribution in [3.63, 3.8) is 0 Å². The van der Waals surface area contributed by atoms with E-state index in [0.29, 0.717) is 53.9 Å². The number of fused-ring (bicyclic) bond motifs is 3. The second-order valence-electron chi connectivity index (χ2n) is 17.6. The Kier molecular flexibility index (Phi) is 14.6. The number of hydrogen-bond donors (Lipinski definition) is 4. The average Bonchev–Trinajstić information content (AvgIpc) is 3.96. The number of piperazine rings is 1. The Morgan fingerprint density at radius 3 is 2.20 bits per heavy atom. The van der Waals surface area contributed by atoms with Gasteiger partial charge in [-0.05, 0) is 87.4 Å². The van der Waals surface area contributed by atoms with Gasteiger partial charge in [-0.1, -0.05) is 36.7 Å². The van der Waals surface area contributed by atoms with E-state index in [2.05, 4.69) is 48.6 Å². The van der Waals surface area contributed by atoms with Crippen molar-refractivity contribution in [2.75, 3.05) is 45.8 Å². The van der Waals surface area contributed by atoms with Crippen LogP contribution < -0.4 is 5.69 Å². The number of nitrogens with zero attached hydrogens (tertiary/aromatic N) is 9. The summed E-state index contributed by atoms with van der Waals surface area (Å²) < 4.78 is 50.7. The van der Waals surface area contributed by atoms with Crippen LogP contribution in [0.5, 0.6) is 11.5 Å². The summed E-state index contributed by atoms with van der Waals surface area (Å²) in [6.07, 6.45) is -2.54. The van der Waals surface area contributed by atoms with Crippen LogP contribution in [0.2, 0.25) is 5.02 Å². The number of piperidine rings is 1. The number of amides is 1. The van der Waals surface area contributed by atoms with Crippen LogP contribution in [-0.2, 0) is 22.6 Å². The summed E-state index contributed by atoms with van der Waals surface area (Å²) >= 11 is 7.98. The first-order valence-electron chi connectivity index (χ1n) is 22.7. The molecule has 3 aliphatic rings. The number of thiophene rings is 1. The number of halogens is 5. The summed E-state index contributed by atoms with van der Waals surface area (Å²) in [6.45, 7) is 14.1. The number of nitrogens with one attached hydrogen (secondary N) is 1. The summed E-state index contributed by atoms with van der Waals surface area (Å²) in [5.41, 5.74) is 5.03. The molecular formula is C48H51ClF4N10O6S. The molecule has 3 aromatic heterocycles. The lowest BCUT2D eigenvalue weighted by atomic mass is 9.95. The fraction of sp³-hybridized carbons (Fsp3) is 0.396. The quantitative estimate of drug-likeness (QED) is 0.0990. The topological polar surface area (TPSA) is 198 Å². The number of carboxylic acid groups (broad SMARTS) is 1. The number of aliphatic carboxylic acids is 1. The number of carbonyl (C=O) groups excluding carboxylic acids is 1. The largest absolute Gasteiger partial charge is 0.508 e. The van der Waals surface area contributed by atoms with E-state index in [1.807, 2.05) is 43.0 Å². The Bertz CT molecular complexity index is 3010. The van der Waals surface area contributed by atoms with Crippen molar-refractivity contribution in [1.82, 2.24) is 44.2 Å². The molecule has 370 valence electrons. The molecule has 0 bridgehead atoms. The van der Waals surface area contributed by atoms with Crippen LogP contribution in [0.1, 0.15) is 76.6 Å². The molecule has 6 heterocycles. The molecule has 22 heteroatoms. The van der Waals surface area contributed by atoms with Crippen molar-refractivity contribution < 1.29 is 42.5 Å². The number of likely N-dealkylation sites (tertiary alicyclic amines) is 1. The number of rotatable bonds is 10. The lowest BCUT2D eigenvalue weighted by molar-refractivity contribution is -0.192. The number of alkyl halides is 3. The van der Waals surface area contributed by atoms with Gasteiger partial charge in [-0.25, -0.2) is 23.6 Å². The van der Waals surface area contributed by atoms with Crippen LogP contribution in [0.15, 0.2) is 64.4 Å². The highest BCUT2D eigenvalue weighted by Gasteiger charge is 2.38. The number of carbonyl (C=O) groups is 2. The van der Waals surface area contributed by atoms with Crippen LogP contribution in [-0.4, -0.2) is 129 Å². The van der Waals surface area contributed by atoms with Crippen molar-refractivity contribution in [2.45, 2.75) is 72.1 Å². The van der Waals surface area contributed by atoms with E-state index < -0.39 is 29.7 Å². The van der Waals surface area contributed by atoms with Crippen molar-refractivity contribution in [2.24, 2.45) is 10.9 Å². The van der Waals surface area contributed by atoms with Crippen molar-refractivity contribution in [3.05, 3.63) is 120 Å². The lowest BCUT2D eigenvalue weighted by Crippen LogP contribution is -2.49. The fourth-order valence-corrected chi connectivity index (χ4v) is 10.5. The average molecular weight is 1010 g/mol. The molecule has 0 spiro atoms. The molecule has 2 fully saturated rings. The first-order chi connectivity index (χ1) is 33.3. The molecule has 1 atom stereocenters. The van der Waals surface area contributed by atoms with Gasteiger partial charge in [0.2, 0.25) is 5.91 Å². The number of hydrogen-bond acceptors (Lipinski definition) is 12. The predicted octanol–water partition coefficient (Wildman–Crippen LogP) is 7.53. The summed E-state index contributed by atoms with van der Waals surface area (Å²) in [7, 11) is 0. The van der Waals surface area contributed by atoms with Crippen molar-refractivity contribution >= 4 is 40.5 Å². The van der Waals surface area contributed by atoms with Gasteiger partial charge < -0.3 is 25.1 Å². The van der Waals surface area contributed by atoms with Crippen molar-refractivity contribution in [1.29, 1.82) is 0 Å². The third-order valence-electron chi connectivity index (χ3n) is 13.1. The minimum absolute atomic E-state index is 0.0535. The second kappa shape index (κ2) is 20.5. The Hall–Kier alpha value is -6.42. The molecule has 0 saturated carbocycles. The first kappa shape index (κ1) is 50.0. The van der Waals surface area contributed by atoms with Crippen LogP contribution in [0.25, 0.3) is 22.1 Å². The van der Waals surface area contributed by atoms with E-state index in [4.69, 9.17) is 26.5 Å². The highest BCUT2D eigenvalue weighted by Crippen LogP contribution is 2.40. The van der Waals surface area contributed by atoms with Gasteiger partial charge in [0.25, 0.3) is 0 Å². The van der Waals surface area contributed by atoms with Gasteiger partial charge in [-0.15, -0.1) is 21.5 Å². The predicted molar refractivity (Wildman–Crippen MR) is 255 cm³/mol. The highest BCUT2D eigenvalue weighted by atomic mass is 35.5. The monoisotopic (exact) mass is 1010 g/mol. The summed E-state index contributed by atoms with van der Waals surface area (Å²) in [6, 6.07) is 14.7. The van der Waals surface area contributed by atoms with Gasteiger partial charge in [-0.2, -0.15) is 18.3 Å². The van der Waals surface area contributed by atoms with Gasteiger partial charge in [0.05, 0.1) is 23.4 Å². The van der Waals surface area contributed by atoms with Gasteiger partial charge in [0.15, 0.2) is 11.6 Å². The van der Waals surface area contributed by atoms with Gasteiger partial charge in [-0.3, -0.25) is 19.3 Å². The second-order valence-corrected chi connectivity index (χ2v) is 19.3. The maximum absolute atomic E-state index is 15.7.